The Balaban J connectivity index is 1.36. The van der Waals surface area contributed by atoms with Crippen molar-refractivity contribution in [2.45, 2.75) is 39.3 Å². The zero-order chi connectivity index (χ0) is 24.2. The van der Waals surface area contributed by atoms with E-state index in [-0.39, 0.29) is 6.10 Å². The predicted octanol–water partition coefficient (Wildman–Crippen LogP) is 3.82. The number of nitrogens with zero attached hydrogens (tertiary/aromatic N) is 7. The van der Waals surface area contributed by atoms with E-state index in [2.05, 4.69) is 40.7 Å². The molecule has 5 rings (SSSR count). The summed E-state index contributed by atoms with van der Waals surface area (Å²) in [6.45, 7) is 5.28. The van der Waals surface area contributed by atoms with E-state index < -0.39 is 0 Å². The van der Waals surface area contributed by atoms with Crippen molar-refractivity contribution >= 4 is 23.1 Å². The van der Waals surface area contributed by atoms with Crippen molar-refractivity contribution < 1.29 is 9.47 Å². The maximum Gasteiger partial charge on any atom is 0.184 e. The zero-order valence-corrected chi connectivity index (χ0v) is 19.9. The van der Waals surface area contributed by atoms with Gasteiger partial charge in [-0.05, 0) is 38.8 Å². The van der Waals surface area contributed by atoms with Crippen LogP contribution < -0.4 is 15.4 Å². The monoisotopic (exact) mass is 473 g/mol. The number of aromatic nitrogens is 7. The molecule has 0 bridgehead atoms. The lowest BCUT2D eigenvalue weighted by Crippen LogP contribution is -2.15. The molecular formula is C24H27N9O2. The topological polar surface area (TPSA) is 125 Å². The number of para-hydroxylation sites is 1. The van der Waals surface area contributed by atoms with Gasteiger partial charge in [-0.3, -0.25) is 0 Å². The number of ether oxygens (including phenoxy) is 2. The third-order valence-corrected chi connectivity index (χ3v) is 5.56. The smallest absolute Gasteiger partial charge is 0.184 e. The van der Waals surface area contributed by atoms with Crippen LogP contribution >= 0.6 is 0 Å². The molecule has 3 aromatic heterocycles. The van der Waals surface area contributed by atoms with Gasteiger partial charge in [-0.25, -0.2) is 29.6 Å². The van der Waals surface area contributed by atoms with Gasteiger partial charge < -0.3 is 20.1 Å². The molecule has 2 N–H and O–H groups in total. The normalized spacial score (nSPS) is 15.2. The second-order valence-electron chi connectivity index (χ2n) is 8.29. The Labute approximate surface area is 203 Å². The molecule has 4 aromatic rings. The summed E-state index contributed by atoms with van der Waals surface area (Å²) in [5, 5.41) is 11.2. The second kappa shape index (κ2) is 10.0. The average molecular weight is 474 g/mol. The lowest BCUT2D eigenvalue weighted by Gasteiger charge is -2.14. The van der Waals surface area contributed by atoms with Crippen molar-refractivity contribution in [3.63, 3.8) is 0 Å². The Kier molecular flexibility index (Phi) is 6.49. The number of hydrogen-bond donors (Lipinski definition) is 2. The number of hydrogen-bond acceptors (Lipinski definition) is 10. The summed E-state index contributed by atoms with van der Waals surface area (Å²) in [6.07, 6.45) is 5.54. The molecule has 0 spiro atoms. The first-order valence-corrected chi connectivity index (χ1v) is 11.4. The van der Waals surface area contributed by atoms with Crippen molar-refractivity contribution in [1.29, 1.82) is 0 Å². The molecule has 0 amide bonds. The Morgan fingerprint density at radius 3 is 2.69 bits per heavy atom. The molecule has 1 saturated heterocycles. The number of aryl methyl sites for hydroxylation is 2. The highest BCUT2D eigenvalue weighted by Crippen LogP contribution is 2.36. The first-order valence-electron chi connectivity index (χ1n) is 11.4. The molecule has 1 unspecified atom stereocenters. The number of anilines is 4. The molecule has 11 heteroatoms. The van der Waals surface area contributed by atoms with Gasteiger partial charge in [0, 0.05) is 24.4 Å². The van der Waals surface area contributed by atoms with Crippen LogP contribution in [0.2, 0.25) is 0 Å². The minimum Gasteiger partial charge on any atom is -0.494 e. The van der Waals surface area contributed by atoms with E-state index in [1.54, 1.807) is 19.5 Å². The largest absolute Gasteiger partial charge is 0.494 e. The van der Waals surface area contributed by atoms with Gasteiger partial charge in [0.2, 0.25) is 0 Å². The predicted molar refractivity (Wildman–Crippen MR) is 131 cm³/mol. The van der Waals surface area contributed by atoms with Crippen LogP contribution in [-0.4, -0.2) is 54.5 Å². The Bertz CT molecular complexity index is 1300. The van der Waals surface area contributed by atoms with Crippen LogP contribution in [-0.2, 0) is 11.3 Å². The van der Waals surface area contributed by atoms with Crippen LogP contribution in [0, 0.1) is 13.8 Å². The van der Waals surface area contributed by atoms with E-state index in [4.69, 9.17) is 9.47 Å². The minimum absolute atomic E-state index is 0.190. The summed E-state index contributed by atoms with van der Waals surface area (Å²) in [7, 11) is 1.63. The number of nitrogens with one attached hydrogen (secondary N) is 2. The molecule has 1 fully saturated rings. The van der Waals surface area contributed by atoms with E-state index in [1.165, 1.54) is 6.33 Å². The van der Waals surface area contributed by atoms with Crippen LogP contribution in [0.25, 0.3) is 11.4 Å². The van der Waals surface area contributed by atoms with E-state index in [9.17, 15) is 0 Å². The van der Waals surface area contributed by atoms with Crippen LogP contribution in [0.4, 0.5) is 23.1 Å². The molecule has 1 aliphatic rings. The summed E-state index contributed by atoms with van der Waals surface area (Å²) < 4.78 is 13.3. The first-order chi connectivity index (χ1) is 17.1. The molecule has 1 aromatic carbocycles. The molecule has 180 valence electrons. The summed E-state index contributed by atoms with van der Waals surface area (Å²) in [4.78, 5) is 21.9. The average Bonchev–Trinajstić information content (AvgIpc) is 3.51. The number of methoxy groups -OCH3 is 1. The van der Waals surface area contributed by atoms with E-state index >= 15 is 0 Å². The van der Waals surface area contributed by atoms with Gasteiger partial charge in [-0.15, -0.1) is 0 Å². The van der Waals surface area contributed by atoms with Crippen molar-refractivity contribution in [3.8, 4) is 17.1 Å². The first kappa shape index (κ1) is 22.7. The van der Waals surface area contributed by atoms with E-state index in [1.807, 2.05) is 42.8 Å². The van der Waals surface area contributed by atoms with Crippen molar-refractivity contribution in [1.82, 2.24) is 34.7 Å². The Morgan fingerprint density at radius 2 is 1.91 bits per heavy atom. The summed E-state index contributed by atoms with van der Waals surface area (Å²) in [5.74, 6) is 3.76. The lowest BCUT2D eigenvalue weighted by molar-refractivity contribution is 0.0939. The SMILES string of the molecule is COc1c(Nc2cc(Nc3cc(C)nc(C)n3)ncn2)cccc1-c1ncn(CC2CCCO2)n1. The van der Waals surface area contributed by atoms with Gasteiger partial charge in [-0.2, -0.15) is 5.10 Å². The molecule has 0 aliphatic carbocycles. The van der Waals surface area contributed by atoms with Crippen molar-refractivity contribution in [2.75, 3.05) is 24.4 Å². The van der Waals surface area contributed by atoms with Gasteiger partial charge >= 0.3 is 0 Å². The highest BCUT2D eigenvalue weighted by molar-refractivity contribution is 5.77. The van der Waals surface area contributed by atoms with Gasteiger partial charge in [0.05, 0.1) is 31.0 Å². The van der Waals surface area contributed by atoms with E-state index in [0.29, 0.717) is 41.4 Å². The fourth-order valence-electron chi connectivity index (χ4n) is 4.08. The second-order valence-corrected chi connectivity index (χ2v) is 8.29. The highest BCUT2D eigenvalue weighted by Gasteiger charge is 2.19. The Hall–Kier alpha value is -4.12. The minimum atomic E-state index is 0.190. The van der Waals surface area contributed by atoms with Gasteiger partial charge in [0.15, 0.2) is 11.6 Å². The van der Waals surface area contributed by atoms with Crippen molar-refractivity contribution in [3.05, 3.63) is 54.5 Å². The molecule has 1 aliphatic heterocycles. The summed E-state index contributed by atoms with van der Waals surface area (Å²) >= 11 is 0. The van der Waals surface area contributed by atoms with E-state index in [0.717, 1.165) is 36.4 Å². The third-order valence-electron chi connectivity index (χ3n) is 5.56. The molecule has 0 radical (unpaired) electrons. The lowest BCUT2D eigenvalue weighted by atomic mass is 10.1. The quantitative estimate of drug-likeness (QED) is 0.390. The van der Waals surface area contributed by atoms with Gasteiger partial charge in [0.25, 0.3) is 0 Å². The highest BCUT2D eigenvalue weighted by atomic mass is 16.5. The summed E-state index contributed by atoms with van der Waals surface area (Å²) in [5.41, 5.74) is 2.39. The molecule has 35 heavy (non-hydrogen) atoms. The molecular weight excluding hydrogens is 446 g/mol. The summed E-state index contributed by atoms with van der Waals surface area (Å²) in [6, 6.07) is 9.43. The molecule has 1 atom stereocenters. The Morgan fingerprint density at radius 1 is 1.06 bits per heavy atom. The van der Waals surface area contributed by atoms with Gasteiger partial charge in [-0.1, -0.05) is 6.07 Å². The third kappa shape index (κ3) is 5.35. The van der Waals surface area contributed by atoms with Crippen LogP contribution in [0.3, 0.4) is 0 Å². The molecule has 11 nitrogen and oxygen atoms in total. The standard InChI is InChI=1S/C24H27N9O2/c1-15-10-22(29-16(2)28-15)31-21-11-20(25-13-26-21)30-19-8-4-7-18(23(19)34-3)24-27-14-33(32-24)12-17-6-5-9-35-17/h4,7-8,10-11,13-14,17H,5-6,9,12H2,1-3H3,(H2,25,26,28,29,30,31). The van der Waals surface area contributed by atoms with Crippen molar-refractivity contribution in [2.24, 2.45) is 0 Å². The maximum atomic E-state index is 5.75. The van der Waals surface area contributed by atoms with Crippen LogP contribution in [0.5, 0.6) is 5.75 Å². The van der Waals surface area contributed by atoms with Crippen LogP contribution in [0.15, 0.2) is 43.0 Å². The fourth-order valence-corrected chi connectivity index (χ4v) is 4.08. The maximum absolute atomic E-state index is 5.75. The molecule has 4 heterocycles. The van der Waals surface area contributed by atoms with Crippen LogP contribution in [0.1, 0.15) is 24.4 Å². The van der Waals surface area contributed by atoms with Gasteiger partial charge in [0.1, 0.15) is 35.9 Å². The fraction of sp³-hybridized carbons (Fsp3) is 0.333. The zero-order valence-electron chi connectivity index (χ0n) is 19.9. The number of rotatable bonds is 8. The number of benzene rings is 1. The molecule has 0 saturated carbocycles.